The van der Waals surface area contributed by atoms with Crippen LogP contribution in [0.3, 0.4) is 0 Å². The lowest BCUT2D eigenvalue weighted by molar-refractivity contribution is 0.0995. The van der Waals surface area contributed by atoms with Gasteiger partial charge in [0.1, 0.15) is 4.34 Å². The summed E-state index contributed by atoms with van der Waals surface area (Å²) in [5.41, 5.74) is 0.0423. The lowest BCUT2D eigenvalue weighted by Gasteiger charge is -2.01. The lowest BCUT2D eigenvalue weighted by Crippen LogP contribution is -2.04. The van der Waals surface area contributed by atoms with Gasteiger partial charge in [-0.05, 0) is 33.6 Å². The van der Waals surface area contributed by atoms with Crippen LogP contribution in [0.25, 0.3) is 0 Å². The van der Waals surface area contributed by atoms with E-state index < -0.39 is 11.6 Å². The first-order chi connectivity index (χ1) is 8.49. The van der Waals surface area contributed by atoms with Gasteiger partial charge in [-0.3, -0.25) is 4.79 Å². The standard InChI is InChI=1S/C12H6BrClF2OS/c13-7-5-10(18-12(7)14)9(17)4-6-2-1-3-8(15)11(6)16/h1-3,5H,4H2. The first-order valence-electron chi connectivity index (χ1n) is 4.90. The topological polar surface area (TPSA) is 17.1 Å². The molecule has 94 valence electrons. The highest BCUT2D eigenvalue weighted by Gasteiger charge is 2.16. The van der Waals surface area contributed by atoms with Crippen molar-refractivity contribution in [2.75, 3.05) is 0 Å². The Labute approximate surface area is 120 Å². The summed E-state index contributed by atoms with van der Waals surface area (Å²) < 4.78 is 27.5. The van der Waals surface area contributed by atoms with Crippen LogP contribution in [0.5, 0.6) is 0 Å². The molecule has 18 heavy (non-hydrogen) atoms. The van der Waals surface area contributed by atoms with Crippen LogP contribution in [-0.2, 0) is 6.42 Å². The normalized spacial score (nSPS) is 10.7. The average molecular weight is 352 g/mol. The third kappa shape index (κ3) is 2.79. The molecular weight excluding hydrogens is 346 g/mol. The molecular formula is C12H6BrClF2OS. The van der Waals surface area contributed by atoms with E-state index >= 15 is 0 Å². The van der Waals surface area contributed by atoms with Gasteiger partial charge in [0.15, 0.2) is 17.4 Å². The fourth-order valence-corrected chi connectivity index (χ4v) is 3.07. The third-order valence-corrected chi connectivity index (χ3v) is 4.82. The Morgan fingerprint density at radius 3 is 2.72 bits per heavy atom. The van der Waals surface area contributed by atoms with E-state index in [9.17, 15) is 13.6 Å². The Morgan fingerprint density at radius 2 is 2.11 bits per heavy atom. The minimum atomic E-state index is -0.979. The van der Waals surface area contributed by atoms with Gasteiger partial charge in [0.2, 0.25) is 0 Å². The molecule has 0 fully saturated rings. The molecule has 6 heteroatoms. The van der Waals surface area contributed by atoms with Crippen molar-refractivity contribution < 1.29 is 13.6 Å². The van der Waals surface area contributed by atoms with Crippen LogP contribution in [0.1, 0.15) is 15.2 Å². The molecule has 1 nitrogen and oxygen atoms in total. The molecule has 2 aromatic rings. The highest BCUT2D eigenvalue weighted by molar-refractivity contribution is 9.10. The zero-order chi connectivity index (χ0) is 13.3. The second-order valence-electron chi connectivity index (χ2n) is 3.55. The molecule has 1 aromatic carbocycles. The Bertz CT molecular complexity index is 593. The van der Waals surface area contributed by atoms with E-state index in [4.69, 9.17) is 11.6 Å². The Hall–Kier alpha value is -0.780. The smallest absolute Gasteiger partial charge is 0.177 e. The number of hydrogen-bond donors (Lipinski definition) is 0. The average Bonchev–Trinajstić information content (AvgIpc) is 2.66. The van der Waals surface area contributed by atoms with Gasteiger partial charge in [0.25, 0.3) is 0 Å². The fourth-order valence-electron chi connectivity index (χ4n) is 1.43. The summed E-state index contributed by atoms with van der Waals surface area (Å²) in [6, 6.07) is 5.35. The fraction of sp³-hybridized carbons (Fsp3) is 0.0833. The van der Waals surface area contributed by atoms with Gasteiger partial charge in [0, 0.05) is 10.9 Å². The molecule has 0 bridgehead atoms. The highest BCUT2D eigenvalue weighted by atomic mass is 79.9. The van der Waals surface area contributed by atoms with Crippen molar-refractivity contribution in [1.82, 2.24) is 0 Å². The molecule has 1 heterocycles. The number of carbonyl (C=O) groups excluding carboxylic acids is 1. The number of ketones is 1. The molecule has 1 aromatic heterocycles. The monoisotopic (exact) mass is 350 g/mol. The molecule has 0 N–H and O–H groups in total. The molecule has 2 rings (SSSR count). The molecule has 0 amide bonds. The van der Waals surface area contributed by atoms with Crippen LogP contribution in [-0.4, -0.2) is 5.78 Å². The summed E-state index contributed by atoms with van der Waals surface area (Å²) in [7, 11) is 0. The van der Waals surface area contributed by atoms with Gasteiger partial charge in [-0.1, -0.05) is 23.7 Å². The molecule has 0 saturated carbocycles. The van der Waals surface area contributed by atoms with Crippen molar-refractivity contribution in [3.05, 3.63) is 55.1 Å². The quantitative estimate of drug-likeness (QED) is 0.721. The number of benzene rings is 1. The van der Waals surface area contributed by atoms with Crippen LogP contribution < -0.4 is 0 Å². The lowest BCUT2D eigenvalue weighted by atomic mass is 10.1. The minimum Gasteiger partial charge on any atom is -0.293 e. The van der Waals surface area contributed by atoms with E-state index in [1.165, 1.54) is 12.1 Å². The summed E-state index contributed by atoms with van der Waals surface area (Å²) in [5, 5.41) is 0. The number of carbonyl (C=O) groups is 1. The number of thiophene rings is 1. The summed E-state index contributed by atoms with van der Waals surface area (Å²) in [4.78, 5) is 12.3. The molecule has 0 saturated heterocycles. The van der Waals surface area contributed by atoms with Crippen molar-refractivity contribution in [2.45, 2.75) is 6.42 Å². The number of Topliss-reactive ketones (excluding diaryl/α,β-unsaturated/α-hetero) is 1. The van der Waals surface area contributed by atoms with Crippen LogP contribution in [0, 0.1) is 11.6 Å². The van der Waals surface area contributed by atoms with Crippen molar-refractivity contribution in [3.8, 4) is 0 Å². The van der Waals surface area contributed by atoms with Gasteiger partial charge in [-0.25, -0.2) is 8.78 Å². The summed E-state index contributed by atoms with van der Waals surface area (Å²) in [6.07, 6.45) is -0.188. The highest BCUT2D eigenvalue weighted by Crippen LogP contribution is 2.32. The first kappa shape index (κ1) is 13.6. The van der Waals surface area contributed by atoms with Gasteiger partial charge in [-0.15, -0.1) is 11.3 Å². The van der Waals surface area contributed by atoms with Crippen molar-refractivity contribution >= 4 is 44.7 Å². The molecule has 0 radical (unpaired) electrons. The molecule has 0 unspecified atom stereocenters. The largest absolute Gasteiger partial charge is 0.293 e. The predicted octanol–water partition coefficient (Wildman–Crippen LogP) is 4.87. The molecule has 0 aliphatic rings. The Balaban J connectivity index is 2.24. The molecule has 0 atom stereocenters. The maximum atomic E-state index is 13.4. The number of hydrogen-bond acceptors (Lipinski definition) is 2. The van der Waals surface area contributed by atoms with E-state index in [-0.39, 0.29) is 17.8 Å². The van der Waals surface area contributed by atoms with Crippen LogP contribution in [0.2, 0.25) is 4.34 Å². The zero-order valence-corrected chi connectivity index (χ0v) is 12.0. The maximum Gasteiger partial charge on any atom is 0.177 e. The minimum absolute atomic E-state index is 0.0423. The summed E-state index contributed by atoms with van der Waals surface area (Å²) in [5.74, 6) is -2.23. The van der Waals surface area contributed by atoms with E-state index in [0.29, 0.717) is 13.7 Å². The second-order valence-corrected chi connectivity index (χ2v) is 6.05. The predicted molar refractivity (Wildman–Crippen MR) is 71.4 cm³/mol. The van der Waals surface area contributed by atoms with E-state index in [1.54, 1.807) is 6.07 Å². The number of rotatable bonds is 3. The summed E-state index contributed by atoms with van der Waals surface area (Å²) in [6.45, 7) is 0. The van der Waals surface area contributed by atoms with Gasteiger partial charge < -0.3 is 0 Å². The van der Waals surface area contributed by atoms with E-state index in [1.807, 2.05) is 0 Å². The van der Waals surface area contributed by atoms with Crippen LogP contribution in [0.4, 0.5) is 8.78 Å². The molecule has 0 spiro atoms. The van der Waals surface area contributed by atoms with Crippen molar-refractivity contribution in [3.63, 3.8) is 0 Å². The zero-order valence-electron chi connectivity index (χ0n) is 8.84. The van der Waals surface area contributed by atoms with E-state index in [0.717, 1.165) is 17.4 Å². The van der Waals surface area contributed by atoms with Crippen LogP contribution in [0.15, 0.2) is 28.7 Å². The van der Waals surface area contributed by atoms with Crippen molar-refractivity contribution in [2.24, 2.45) is 0 Å². The van der Waals surface area contributed by atoms with Crippen molar-refractivity contribution in [1.29, 1.82) is 0 Å². The van der Waals surface area contributed by atoms with E-state index in [2.05, 4.69) is 15.9 Å². The first-order valence-corrected chi connectivity index (χ1v) is 6.88. The molecule has 0 aliphatic carbocycles. The van der Waals surface area contributed by atoms with Crippen LogP contribution >= 0.6 is 38.9 Å². The summed E-state index contributed by atoms with van der Waals surface area (Å²) >= 11 is 10.1. The van der Waals surface area contributed by atoms with Gasteiger partial charge in [0.05, 0.1) is 4.88 Å². The number of halogens is 4. The Kier molecular flexibility index (Phi) is 4.14. The molecule has 0 aliphatic heterocycles. The SMILES string of the molecule is O=C(Cc1cccc(F)c1F)c1cc(Br)c(Cl)s1. The second kappa shape index (κ2) is 5.47. The third-order valence-electron chi connectivity index (χ3n) is 2.30. The van der Waals surface area contributed by atoms with Gasteiger partial charge >= 0.3 is 0 Å². The van der Waals surface area contributed by atoms with Gasteiger partial charge in [-0.2, -0.15) is 0 Å². The maximum absolute atomic E-state index is 13.4. The Morgan fingerprint density at radius 1 is 1.39 bits per heavy atom.